The summed E-state index contributed by atoms with van der Waals surface area (Å²) in [5.74, 6) is 0. The molecule has 0 aliphatic carbocycles. The zero-order chi connectivity index (χ0) is 13.0. The first kappa shape index (κ1) is 13.8. The highest BCUT2D eigenvalue weighted by atomic mass is 35.5. The summed E-state index contributed by atoms with van der Waals surface area (Å²) in [6.07, 6.45) is 2.07. The van der Waals surface area contributed by atoms with E-state index >= 15 is 0 Å². The first-order valence-electron chi connectivity index (χ1n) is 5.54. The molecule has 0 heterocycles. The zero-order valence-corrected chi connectivity index (χ0v) is 12.4. The number of hydrogen-bond acceptors (Lipinski definition) is 3. The Bertz CT molecular complexity index is 526. The van der Waals surface area contributed by atoms with E-state index in [1.807, 2.05) is 24.3 Å². The molecule has 2 aromatic rings. The van der Waals surface area contributed by atoms with E-state index in [-0.39, 0.29) is 0 Å². The van der Waals surface area contributed by atoms with Gasteiger partial charge in [-0.2, -0.15) is 0 Å². The van der Waals surface area contributed by atoms with E-state index in [0.29, 0.717) is 6.54 Å². The van der Waals surface area contributed by atoms with Crippen molar-refractivity contribution in [2.24, 2.45) is 5.73 Å². The average Bonchev–Trinajstić information content (AvgIpc) is 2.41. The van der Waals surface area contributed by atoms with Crippen molar-refractivity contribution >= 4 is 35.1 Å². The summed E-state index contributed by atoms with van der Waals surface area (Å²) in [4.78, 5) is 3.63. The van der Waals surface area contributed by atoms with Gasteiger partial charge in [0.05, 0.1) is 0 Å². The Morgan fingerprint density at radius 2 is 1.72 bits per heavy atom. The first-order chi connectivity index (χ1) is 8.74. The summed E-state index contributed by atoms with van der Waals surface area (Å²) in [6.45, 7) is 0.562. The van der Waals surface area contributed by atoms with E-state index in [9.17, 15) is 0 Å². The van der Waals surface area contributed by atoms with Crippen LogP contribution in [0.2, 0.25) is 5.02 Å². The van der Waals surface area contributed by atoms with E-state index < -0.39 is 0 Å². The second-order valence-electron chi connectivity index (χ2n) is 3.70. The van der Waals surface area contributed by atoms with Gasteiger partial charge in [0, 0.05) is 26.3 Å². The van der Waals surface area contributed by atoms with Gasteiger partial charge in [0.25, 0.3) is 0 Å². The summed E-state index contributed by atoms with van der Waals surface area (Å²) in [7, 11) is 0. The molecule has 0 amide bonds. The smallest absolute Gasteiger partial charge is 0.0406 e. The van der Waals surface area contributed by atoms with Crippen molar-refractivity contribution in [1.29, 1.82) is 0 Å². The van der Waals surface area contributed by atoms with E-state index in [0.717, 1.165) is 5.02 Å². The number of benzene rings is 2. The van der Waals surface area contributed by atoms with E-state index in [4.69, 9.17) is 17.3 Å². The van der Waals surface area contributed by atoms with Crippen molar-refractivity contribution in [3.63, 3.8) is 0 Å². The fourth-order valence-corrected chi connectivity index (χ4v) is 3.50. The van der Waals surface area contributed by atoms with Gasteiger partial charge < -0.3 is 5.73 Å². The SMILES string of the molecule is CSc1cccc(Sc2ccc(Cl)cc2)c1CN. The Balaban J connectivity index is 2.31. The third-order valence-electron chi connectivity index (χ3n) is 2.56. The Labute approximate surface area is 121 Å². The van der Waals surface area contributed by atoms with Crippen LogP contribution in [0.5, 0.6) is 0 Å². The van der Waals surface area contributed by atoms with Crippen LogP contribution in [0.3, 0.4) is 0 Å². The molecule has 4 heteroatoms. The summed E-state index contributed by atoms with van der Waals surface area (Å²) in [5, 5.41) is 0.760. The van der Waals surface area contributed by atoms with Crippen LogP contribution in [-0.2, 0) is 6.54 Å². The zero-order valence-electron chi connectivity index (χ0n) is 10.0. The van der Waals surface area contributed by atoms with Crippen LogP contribution in [0, 0.1) is 0 Å². The lowest BCUT2D eigenvalue weighted by Gasteiger charge is -2.11. The van der Waals surface area contributed by atoms with Crippen molar-refractivity contribution in [3.05, 3.63) is 53.1 Å². The fraction of sp³-hybridized carbons (Fsp3) is 0.143. The van der Waals surface area contributed by atoms with Crippen molar-refractivity contribution in [1.82, 2.24) is 0 Å². The minimum Gasteiger partial charge on any atom is -0.326 e. The molecule has 0 aliphatic heterocycles. The largest absolute Gasteiger partial charge is 0.326 e. The Hall–Kier alpha value is -0.610. The lowest BCUT2D eigenvalue weighted by atomic mass is 10.2. The molecule has 0 saturated carbocycles. The molecule has 0 aliphatic rings. The summed E-state index contributed by atoms with van der Waals surface area (Å²) >= 11 is 9.35. The number of thioether (sulfide) groups is 1. The van der Waals surface area contributed by atoms with Gasteiger partial charge in [-0.25, -0.2) is 0 Å². The quantitative estimate of drug-likeness (QED) is 0.830. The second kappa shape index (κ2) is 6.53. The molecule has 0 aromatic heterocycles. The van der Waals surface area contributed by atoms with Gasteiger partial charge in [-0.3, -0.25) is 0 Å². The predicted molar refractivity (Wildman–Crippen MR) is 81.7 cm³/mol. The van der Waals surface area contributed by atoms with Gasteiger partial charge in [0.2, 0.25) is 0 Å². The van der Waals surface area contributed by atoms with Crippen LogP contribution < -0.4 is 5.73 Å². The molecule has 0 saturated heterocycles. The average molecular weight is 296 g/mol. The van der Waals surface area contributed by atoms with Crippen LogP contribution in [0.4, 0.5) is 0 Å². The number of hydrogen-bond donors (Lipinski definition) is 1. The molecule has 0 fully saturated rings. The van der Waals surface area contributed by atoms with Gasteiger partial charge in [0.1, 0.15) is 0 Å². The van der Waals surface area contributed by atoms with Gasteiger partial charge >= 0.3 is 0 Å². The molecule has 2 aromatic carbocycles. The molecule has 0 unspecified atom stereocenters. The normalized spacial score (nSPS) is 10.6. The van der Waals surface area contributed by atoms with Gasteiger partial charge in [-0.05, 0) is 48.2 Å². The number of rotatable bonds is 4. The number of halogens is 1. The van der Waals surface area contributed by atoms with Gasteiger partial charge in [-0.1, -0.05) is 29.4 Å². The lowest BCUT2D eigenvalue weighted by molar-refractivity contribution is 0.981. The standard InChI is InChI=1S/C14H14ClNS2/c1-17-13-3-2-4-14(12(13)9-16)18-11-7-5-10(15)6-8-11/h2-8H,9,16H2,1H3. The molecule has 0 atom stereocenters. The molecular formula is C14H14ClNS2. The number of nitrogens with two attached hydrogens (primary N) is 1. The summed E-state index contributed by atoms with van der Waals surface area (Å²) in [5.41, 5.74) is 7.07. The highest BCUT2D eigenvalue weighted by Crippen LogP contribution is 2.34. The third-order valence-corrected chi connectivity index (χ3v) is 4.74. The molecule has 2 N–H and O–H groups in total. The van der Waals surface area contributed by atoms with Crippen molar-refractivity contribution in [3.8, 4) is 0 Å². The van der Waals surface area contributed by atoms with Crippen molar-refractivity contribution in [2.45, 2.75) is 21.2 Å². The molecule has 1 nitrogen and oxygen atoms in total. The topological polar surface area (TPSA) is 26.0 Å². The van der Waals surface area contributed by atoms with Crippen LogP contribution in [0.1, 0.15) is 5.56 Å². The molecule has 94 valence electrons. The van der Waals surface area contributed by atoms with Gasteiger partial charge in [-0.15, -0.1) is 11.8 Å². The van der Waals surface area contributed by atoms with E-state index in [1.165, 1.54) is 20.2 Å². The highest BCUT2D eigenvalue weighted by Gasteiger charge is 2.07. The summed E-state index contributed by atoms with van der Waals surface area (Å²) < 4.78 is 0. The Kier molecular flexibility index (Phi) is 5.01. The van der Waals surface area contributed by atoms with E-state index in [2.05, 4.69) is 24.5 Å². The van der Waals surface area contributed by atoms with Crippen molar-refractivity contribution < 1.29 is 0 Å². The minimum absolute atomic E-state index is 0.562. The fourth-order valence-electron chi connectivity index (χ4n) is 1.66. The first-order valence-corrected chi connectivity index (χ1v) is 7.96. The highest BCUT2D eigenvalue weighted by molar-refractivity contribution is 8.00. The monoisotopic (exact) mass is 295 g/mol. The van der Waals surface area contributed by atoms with E-state index in [1.54, 1.807) is 23.5 Å². The molecule has 0 spiro atoms. The summed E-state index contributed by atoms with van der Waals surface area (Å²) in [6, 6.07) is 14.2. The third kappa shape index (κ3) is 3.23. The maximum Gasteiger partial charge on any atom is 0.0406 e. The Morgan fingerprint density at radius 1 is 1.06 bits per heavy atom. The molecule has 0 radical (unpaired) electrons. The van der Waals surface area contributed by atoms with Gasteiger partial charge in [0.15, 0.2) is 0 Å². The van der Waals surface area contributed by atoms with Crippen LogP contribution >= 0.6 is 35.1 Å². The molecular weight excluding hydrogens is 282 g/mol. The lowest BCUT2D eigenvalue weighted by Crippen LogP contribution is -2.00. The molecule has 0 bridgehead atoms. The predicted octanol–water partition coefficient (Wildman–Crippen LogP) is 4.67. The van der Waals surface area contributed by atoms with Crippen molar-refractivity contribution in [2.75, 3.05) is 6.26 Å². The maximum absolute atomic E-state index is 5.89. The van der Waals surface area contributed by atoms with Crippen LogP contribution in [0.25, 0.3) is 0 Å². The minimum atomic E-state index is 0.562. The van der Waals surface area contributed by atoms with Crippen LogP contribution in [-0.4, -0.2) is 6.26 Å². The molecule has 2 rings (SSSR count). The molecule has 18 heavy (non-hydrogen) atoms. The Morgan fingerprint density at radius 3 is 2.33 bits per heavy atom. The van der Waals surface area contributed by atoms with Crippen LogP contribution in [0.15, 0.2) is 57.2 Å². The maximum atomic E-state index is 5.89. The second-order valence-corrected chi connectivity index (χ2v) is 6.10.